The lowest BCUT2D eigenvalue weighted by Crippen LogP contribution is -2.45. The van der Waals surface area contributed by atoms with Crippen LogP contribution in [-0.2, 0) is 4.79 Å². The molecule has 0 bridgehead atoms. The molecule has 2 unspecified atom stereocenters. The zero-order valence-electron chi connectivity index (χ0n) is 37.9. The molecular weight excluding hydrogens is 687 g/mol. The number of nitrogens with one attached hydrogen (secondary N) is 1. The number of aliphatic hydroxyl groups excluding tert-OH is 2. The van der Waals surface area contributed by atoms with Crippen LogP contribution in [0.15, 0.2) is 36.5 Å². The van der Waals surface area contributed by atoms with E-state index in [2.05, 4.69) is 43.5 Å². The summed E-state index contributed by atoms with van der Waals surface area (Å²) in [5.74, 6) is -0.0721. The second-order valence-electron chi connectivity index (χ2n) is 17.2. The van der Waals surface area contributed by atoms with Crippen molar-refractivity contribution in [1.29, 1.82) is 0 Å². The Hall–Kier alpha value is -1.39. The molecule has 0 radical (unpaired) electrons. The molecule has 0 rings (SSSR count). The molecule has 4 nitrogen and oxygen atoms in total. The summed E-state index contributed by atoms with van der Waals surface area (Å²) in [7, 11) is 0. The van der Waals surface area contributed by atoms with E-state index in [4.69, 9.17) is 0 Å². The molecular formula is C52H99NO3. The van der Waals surface area contributed by atoms with E-state index in [1.165, 1.54) is 218 Å². The maximum atomic E-state index is 12.4. The Morgan fingerprint density at radius 3 is 1.04 bits per heavy atom. The average molecular weight is 786 g/mol. The van der Waals surface area contributed by atoms with Gasteiger partial charge in [0.25, 0.3) is 0 Å². The van der Waals surface area contributed by atoms with E-state index in [0.717, 1.165) is 32.1 Å². The first-order chi connectivity index (χ1) is 27.7. The summed E-state index contributed by atoms with van der Waals surface area (Å²) in [6.07, 6.45) is 64.4. The number of allylic oxidation sites excluding steroid dienone is 5. The van der Waals surface area contributed by atoms with Gasteiger partial charge in [-0.05, 0) is 57.8 Å². The zero-order chi connectivity index (χ0) is 40.7. The molecule has 4 heteroatoms. The Morgan fingerprint density at radius 2 is 0.696 bits per heavy atom. The van der Waals surface area contributed by atoms with Gasteiger partial charge < -0.3 is 15.5 Å². The number of aliphatic hydroxyl groups is 2. The van der Waals surface area contributed by atoms with Gasteiger partial charge in [0.2, 0.25) is 5.91 Å². The molecule has 0 aliphatic rings. The third kappa shape index (κ3) is 43.7. The van der Waals surface area contributed by atoms with Gasteiger partial charge in [-0.3, -0.25) is 4.79 Å². The monoisotopic (exact) mass is 786 g/mol. The van der Waals surface area contributed by atoms with Crippen molar-refractivity contribution >= 4 is 5.91 Å². The molecule has 0 heterocycles. The molecule has 2 atom stereocenters. The highest BCUT2D eigenvalue weighted by molar-refractivity contribution is 5.76. The van der Waals surface area contributed by atoms with Gasteiger partial charge in [0.15, 0.2) is 0 Å². The highest BCUT2D eigenvalue weighted by Gasteiger charge is 2.17. The first-order valence-corrected chi connectivity index (χ1v) is 25.2. The number of carbonyl (C=O) groups is 1. The molecule has 0 aliphatic heterocycles. The van der Waals surface area contributed by atoms with Crippen LogP contribution in [0, 0.1) is 0 Å². The van der Waals surface area contributed by atoms with Gasteiger partial charge in [-0.1, -0.05) is 243 Å². The second-order valence-corrected chi connectivity index (χ2v) is 17.2. The quantitative estimate of drug-likeness (QED) is 0.0425. The Labute approximate surface area is 351 Å². The van der Waals surface area contributed by atoms with Crippen LogP contribution >= 0.6 is 0 Å². The van der Waals surface area contributed by atoms with Crippen molar-refractivity contribution < 1.29 is 15.0 Å². The number of carbonyl (C=O) groups excluding carboxylic acids is 1. The fraction of sp³-hybridized carbons (Fsp3) is 0.865. The van der Waals surface area contributed by atoms with Gasteiger partial charge in [0, 0.05) is 6.42 Å². The standard InChI is InChI=1S/C52H99NO3/c1-3-5-7-9-11-13-15-17-18-19-20-21-22-23-24-25-26-27-28-29-30-31-32-33-34-35-36-38-40-42-44-46-48-52(56)53-50(49-54)51(55)47-45-43-41-39-37-16-14-12-10-8-6-4-2/h23-24,37,39,45,47,50-51,54-55H,3-22,25-36,38,40-44,46,48-49H2,1-2H3,(H,53,56)/b24-23-,39-37+,47-45+. The molecule has 0 saturated carbocycles. The largest absolute Gasteiger partial charge is 0.394 e. The molecule has 0 aromatic heterocycles. The third-order valence-electron chi connectivity index (χ3n) is 11.6. The van der Waals surface area contributed by atoms with Crippen LogP contribution in [-0.4, -0.2) is 34.9 Å². The third-order valence-corrected chi connectivity index (χ3v) is 11.6. The molecule has 1 amide bonds. The Morgan fingerprint density at radius 1 is 0.411 bits per heavy atom. The molecule has 56 heavy (non-hydrogen) atoms. The van der Waals surface area contributed by atoms with Crippen molar-refractivity contribution in [1.82, 2.24) is 5.32 Å². The predicted octanol–water partition coefficient (Wildman–Crippen LogP) is 16.1. The van der Waals surface area contributed by atoms with Crippen LogP contribution in [0.3, 0.4) is 0 Å². The lowest BCUT2D eigenvalue weighted by molar-refractivity contribution is -0.123. The first kappa shape index (κ1) is 54.6. The Balaban J connectivity index is 3.44. The molecule has 0 aromatic carbocycles. The molecule has 0 aromatic rings. The molecule has 0 fully saturated rings. The highest BCUT2D eigenvalue weighted by atomic mass is 16.3. The van der Waals surface area contributed by atoms with E-state index in [1.54, 1.807) is 6.08 Å². The maximum Gasteiger partial charge on any atom is 0.220 e. The number of unbranched alkanes of at least 4 members (excludes halogenated alkanes) is 35. The predicted molar refractivity (Wildman–Crippen MR) is 248 cm³/mol. The van der Waals surface area contributed by atoms with Crippen molar-refractivity contribution in [2.24, 2.45) is 0 Å². The van der Waals surface area contributed by atoms with Gasteiger partial charge in [-0.25, -0.2) is 0 Å². The fourth-order valence-corrected chi connectivity index (χ4v) is 7.72. The summed E-state index contributed by atoms with van der Waals surface area (Å²) in [5, 5.41) is 23.0. The van der Waals surface area contributed by atoms with Crippen molar-refractivity contribution in [3.05, 3.63) is 36.5 Å². The highest BCUT2D eigenvalue weighted by Crippen LogP contribution is 2.16. The molecule has 0 saturated heterocycles. The van der Waals surface area contributed by atoms with E-state index < -0.39 is 12.1 Å². The second kappa shape index (κ2) is 48.0. The lowest BCUT2D eigenvalue weighted by Gasteiger charge is -2.19. The number of rotatable bonds is 46. The van der Waals surface area contributed by atoms with Gasteiger partial charge in [-0.2, -0.15) is 0 Å². The molecule has 0 spiro atoms. The van der Waals surface area contributed by atoms with E-state index in [0.29, 0.717) is 6.42 Å². The van der Waals surface area contributed by atoms with E-state index >= 15 is 0 Å². The van der Waals surface area contributed by atoms with Crippen molar-refractivity contribution in [2.75, 3.05) is 6.61 Å². The maximum absolute atomic E-state index is 12.4. The number of hydrogen-bond donors (Lipinski definition) is 3. The minimum atomic E-state index is -0.859. The summed E-state index contributed by atoms with van der Waals surface area (Å²) in [6.45, 7) is 4.29. The van der Waals surface area contributed by atoms with Crippen molar-refractivity contribution in [2.45, 2.75) is 283 Å². The lowest BCUT2D eigenvalue weighted by atomic mass is 10.0. The first-order valence-electron chi connectivity index (χ1n) is 25.2. The van der Waals surface area contributed by atoms with Gasteiger partial charge >= 0.3 is 0 Å². The van der Waals surface area contributed by atoms with Gasteiger partial charge in [0.05, 0.1) is 18.8 Å². The number of hydrogen-bond acceptors (Lipinski definition) is 3. The topological polar surface area (TPSA) is 69.6 Å². The molecule has 3 N–H and O–H groups in total. The average Bonchev–Trinajstić information content (AvgIpc) is 3.20. The van der Waals surface area contributed by atoms with Crippen LogP contribution in [0.1, 0.15) is 271 Å². The summed E-state index contributed by atoms with van der Waals surface area (Å²) in [4.78, 5) is 12.4. The fourth-order valence-electron chi connectivity index (χ4n) is 7.72. The summed E-state index contributed by atoms with van der Waals surface area (Å²) in [6, 6.07) is -0.636. The van der Waals surface area contributed by atoms with Crippen molar-refractivity contribution in [3.63, 3.8) is 0 Å². The smallest absolute Gasteiger partial charge is 0.220 e. The zero-order valence-corrected chi connectivity index (χ0v) is 37.9. The van der Waals surface area contributed by atoms with Crippen LogP contribution < -0.4 is 5.32 Å². The van der Waals surface area contributed by atoms with E-state index in [-0.39, 0.29) is 12.5 Å². The minimum absolute atomic E-state index is 0.0721. The van der Waals surface area contributed by atoms with E-state index in [1.807, 2.05) is 6.08 Å². The van der Waals surface area contributed by atoms with E-state index in [9.17, 15) is 15.0 Å². The Bertz CT molecular complexity index is 851. The summed E-state index contributed by atoms with van der Waals surface area (Å²) < 4.78 is 0. The number of amides is 1. The van der Waals surface area contributed by atoms with Crippen LogP contribution in [0.25, 0.3) is 0 Å². The van der Waals surface area contributed by atoms with Crippen LogP contribution in [0.4, 0.5) is 0 Å². The summed E-state index contributed by atoms with van der Waals surface area (Å²) >= 11 is 0. The summed E-state index contributed by atoms with van der Waals surface area (Å²) in [5.41, 5.74) is 0. The SMILES string of the molecule is CCCCCCCC/C=C/CC/C=C/C(O)C(CO)NC(=O)CCCCCCCCCCCCCCCCCC/C=C\CCCCCCCCCCCCCC. The van der Waals surface area contributed by atoms with Crippen molar-refractivity contribution in [3.8, 4) is 0 Å². The minimum Gasteiger partial charge on any atom is -0.394 e. The van der Waals surface area contributed by atoms with Crippen LogP contribution in [0.2, 0.25) is 0 Å². The van der Waals surface area contributed by atoms with Gasteiger partial charge in [-0.15, -0.1) is 0 Å². The normalized spacial score (nSPS) is 13.1. The molecule has 330 valence electrons. The Kier molecular flexibility index (Phi) is 46.8. The molecule has 0 aliphatic carbocycles. The van der Waals surface area contributed by atoms with Crippen LogP contribution in [0.5, 0.6) is 0 Å². The van der Waals surface area contributed by atoms with Gasteiger partial charge in [0.1, 0.15) is 0 Å².